The van der Waals surface area contributed by atoms with E-state index in [1.807, 2.05) is 12.3 Å². The van der Waals surface area contributed by atoms with Gasteiger partial charge in [-0.15, -0.1) is 11.3 Å². The van der Waals surface area contributed by atoms with Crippen molar-refractivity contribution in [3.05, 3.63) is 11.1 Å². The molecule has 2 heterocycles. The van der Waals surface area contributed by atoms with Gasteiger partial charge in [-0.2, -0.15) is 0 Å². The van der Waals surface area contributed by atoms with Gasteiger partial charge in [0.25, 0.3) is 0 Å². The summed E-state index contributed by atoms with van der Waals surface area (Å²) in [6.45, 7) is 3.79. The molecule has 6 heteroatoms. The fourth-order valence-corrected chi connectivity index (χ4v) is 2.43. The number of nitrogens with zero attached hydrogens (tertiary/aromatic N) is 1. The Kier molecular flexibility index (Phi) is 4.47. The molecule has 1 fully saturated rings. The topological polar surface area (TPSA) is 63.2 Å². The van der Waals surface area contributed by atoms with Crippen molar-refractivity contribution in [3.63, 3.8) is 0 Å². The van der Waals surface area contributed by atoms with Crippen LogP contribution in [0.1, 0.15) is 18.5 Å². The first-order chi connectivity index (χ1) is 8.24. The van der Waals surface area contributed by atoms with Crippen LogP contribution in [0.3, 0.4) is 0 Å². The number of ether oxygens (including phenoxy) is 1. The van der Waals surface area contributed by atoms with Crippen LogP contribution < -0.4 is 10.6 Å². The molecular weight excluding hydrogens is 238 g/mol. The van der Waals surface area contributed by atoms with Crippen molar-refractivity contribution in [1.82, 2.24) is 10.3 Å². The zero-order valence-corrected chi connectivity index (χ0v) is 10.7. The lowest BCUT2D eigenvalue weighted by Gasteiger charge is -2.09. The van der Waals surface area contributed by atoms with Crippen molar-refractivity contribution < 1.29 is 9.53 Å². The van der Waals surface area contributed by atoms with E-state index < -0.39 is 0 Å². The zero-order chi connectivity index (χ0) is 12.1. The fraction of sp³-hybridized carbons (Fsp3) is 0.636. The minimum Gasteiger partial charge on any atom is -0.377 e. The van der Waals surface area contributed by atoms with Crippen LogP contribution in [0, 0.1) is 6.92 Å². The Morgan fingerprint density at radius 3 is 3.24 bits per heavy atom. The molecule has 1 amide bonds. The Bertz CT molecular complexity index is 375. The van der Waals surface area contributed by atoms with Gasteiger partial charge in [0.1, 0.15) is 0 Å². The van der Waals surface area contributed by atoms with Crippen LogP contribution in [0.15, 0.2) is 5.38 Å². The maximum absolute atomic E-state index is 11.5. The van der Waals surface area contributed by atoms with E-state index in [0.717, 1.165) is 31.7 Å². The number of rotatable bonds is 5. The Hall–Kier alpha value is -0.980. The van der Waals surface area contributed by atoms with E-state index in [-0.39, 0.29) is 12.0 Å². The van der Waals surface area contributed by atoms with E-state index >= 15 is 0 Å². The van der Waals surface area contributed by atoms with Gasteiger partial charge in [0, 0.05) is 18.5 Å². The zero-order valence-electron chi connectivity index (χ0n) is 9.86. The van der Waals surface area contributed by atoms with Gasteiger partial charge < -0.3 is 15.4 Å². The first-order valence-corrected chi connectivity index (χ1v) is 6.66. The molecule has 0 spiro atoms. The van der Waals surface area contributed by atoms with Gasteiger partial charge in [-0.1, -0.05) is 0 Å². The third-order valence-electron chi connectivity index (χ3n) is 2.55. The summed E-state index contributed by atoms with van der Waals surface area (Å²) in [5, 5.41) is 8.42. The third-order valence-corrected chi connectivity index (χ3v) is 3.42. The van der Waals surface area contributed by atoms with E-state index in [9.17, 15) is 4.79 Å². The van der Waals surface area contributed by atoms with Crippen molar-refractivity contribution in [1.29, 1.82) is 0 Å². The molecule has 2 N–H and O–H groups in total. The summed E-state index contributed by atoms with van der Waals surface area (Å²) < 4.78 is 5.45. The van der Waals surface area contributed by atoms with Gasteiger partial charge in [-0.3, -0.25) is 4.79 Å². The van der Waals surface area contributed by atoms with Crippen molar-refractivity contribution in [2.75, 3.05) is 25.0 Å². The highest BCUT2D eigenvalue weighted by molar-refractivity contribution is 7.13. The minimum atomic E-state index is -0.0580. The molecule has 1 aliphatic heterocycles. The average Bonchev–Trinajstić information content (AvgIpc) is 2.90. The monoisotopic (exact) mass is 255 g/mol. The summed E-state index contributed by atoms with van der Waals surface area (Å²) >= 11 is 1.44. The number of nitrogens with one attached hydrogen (secondary N) is 2. The number of thiazole rings is 1. The van der Waals surface area contributed by atoms with Gasteiger partial charge in [0.15, 0.2) is 5.13 Å². The SMILES string of the molecule is Cc1csc(NC(=O)CNC[C@H]2CCCO2)n1. The molecule has 1 aliphatic rings. The number of amides is 1. The van der Waals surface area contributed by atoms with E-state index in [1.54, 1.807) is 0 Å². The molecule has 0 radical (unpaired) electrons. The molecule has 1 atom stereocenters. The lowest BCUT2D eigenvalue weighted by atomic mass is 10.2. The lowest BCUT2D eigenvalue weighted by molar-refractivity contribution is -0.115. The molecule has 0 aliphatic carbocycles. The molecule has 17 heavy (non-hydrogen) atoms. The highest BCUT2D eigenvalue weighted by atomic mass is 32.1. The van der Waals surface area contributed by atoms with Crippen LogP contribution in [0.25, 0.3) is 0 Å². The first kappa shape index (κ1) is 12.5. The summed E-state index contributed by atoms with van der Waals surface area (Å²) in [5.41, 5.74) is 0.928. The third kappa shape index (κ3) is 4.07. The van der Waals surface area contributed by atoms with Crippen LogP contribution in [-0.4, -0.2) is 36.7 Å². The van der Waals surface area contributed by atoms with Crippen LogP contribution in [-0.2, 0) is 9.53 Å². The predicted octanol–water partition coefficient (Wildman–Crippen LogP) is 1.16. The summed E-state index contributed by atoms with van der Waals surface area (Å²) in [5.74, 6) is -0.0580. The number of hydrogen-bond acceptors (Lipinski definition) is 5. The van der Waals surface area contributed by atoms with E-state index in [2.05, 4.69) is 15.6 Å². The van der Waals surface area contributed by atoms with Crippen LogP contribution >= 0.6 is 11.3 Å². The average molecular weight is 255 g/mol. The Morgan fingerprint density at radius 2 is 2.59 bits per heavy atom. The van der Waals surface area contributed by atoms with Gasteiger partial charge in [-0.25, -0.2) is 4.98 Å². The molecule has 1 aromatic heterocycles. The molecule has 0 bridgehead atoms. The van der Waals surface area contributed by atoms with E-state index in [0.29, 0.717) is 11.7 Å². The van der Waals surface area contributed by atoms with Gasteiger partial charge in [-0.05, 0) is 19.8 Å². The second kappa shape index (κ2) is 6.09. The van der Waals surface area contributed by atoms with Gasteiger partial charge >= 0.3 is 0 Å². The minimum absolute atomic E-state index is 0.0580. The second-order valence-corrected chi connectivity index (χ2v) is 4.97. The molecule has 0 unspecified atom stereocenters. The van der Waals surface area contributed by atoms with Gasteiger partial charge in [0.2, 0.25) is 5.91 Å². The molecule has 94 valence electrons. The number of anilines is 1. The van der Waals surface area contributed by atoms with E-state index in [1.165, 1.54) is 11.3 Å². The molecule has 5 nitrogen and oxygen atoms in total. The highest BCUT2D eigenvalue weighted by Gasteiger charge is 2.15. The maximum Gasteiger partial charge on any atom is 0.240 e. The van der Waals surface area contributed by atoms with Crippen LogP contribution in [0.5, 0.6) is 0 Å². The van der Waals surface area contributed by atoms with Crippen molar-refractivity contribution >= 4 is 22.4 Å². The predicted molar refractivity (Wildman–Crippen MR) is 67.3 cm³/mol. The molecule has 0 aromatic carbocycles. The van der Waals surface area contributed by atoms with Crippen molar-refractivity contribution in [2.24, 2.45) is 0 Å². The Balaban J connectivity index is 1.63. The Morgan fingerprint density at radius 1 is 1.71 bits per heavy atom. The standard InChI is InChI=1S/C11H17N3O2S/c1-8-7-17-11(13-8)14-10(15)6-12-5-9-3-2-4-16-9/h7,9,12H,2-6H2,1H3,(H,13,14,15)/t9-/m1/s1. The molecule has 2 rings (SSSR count). The normalized spacial score (nSPS) is 19.5. The fourth-order valence-electron chi connectivity index (χ4n) is 1.73. The van der Waals surface area contributed by atoms with E-state index in [4.69, 9.17) is 4.74 Å². The summed E-state index contributed by atoms with van der Waals surface area (Å²) in [6.07, 6.45) is 2.47. The van der Waals surface area contributed by atoms with Crippen molar-refractivity contribution in [3.8, 4) is 0 Å². The number of carbonyl (C=O) groups is 1. The number of carbonyl (C=O) groups excluding carboxylic acids is 1. The summed E-state index contributed by atoms with van der Waals surface area (Å²) in [4.78, 5) is 15.7. The second-order valence-electron chi connectivity index (χ2n) is 4.11. The summed E-state index contributed by atoms with van der Waals surface area (Å²) in [7, 11) is 0. The maximum atomic E-state index is 11.5. The summed E-state index contributed by atoms with van der Waals surface area (Å²) in [6, 6.07) is 0. The quantitative estimate of drug-likeness (QED) is 0.828. The molecular formula is C11H17N3O2S. The number of hydrogen-bond donors (Lipinski definition) is 2. The number of aromatic nitrogens is 1. The molecule has 0 saturated carbocycles. The largest absolute Gasteiger partial charge is 0.377 e. The highest BCUT2D eigenvalue weighted by Crippen LogP contribution is 2.14. The van der Waals surface area contributed by atoms with Crippen molar-refractivity contribution in [2.45, 2.75) is 25.9 Å². The number of aryl methyl sites for hydroxylation is 1. The lowest BCUT2D eigenvalue weighted by Crippen LogP contribution is -2.33. The van der Waals surface area contributed by atoms with Crippen LogP contribution in [0.4, 0.5) is 5.13 Å². The first-order valence-electron chi connectivity index (χ1n) is 5.78. The molecule has 1 aromatic rings. The smallest absolute Gasteiger partial charge is 0.240 e. The molecule has 1 saturated heterocycles. The Labute approximate surface area is 105 Å². The van der Waals surface area contributed by atoms with Crippen LogP contribution in [0.2, 0.25) is 0 Å². The van der Waals surface area contributed by atoms with Gasteiger partial charge in [0.05, 0.1) is 18.3 Å².